The number of likely N-dealkylation sites (tertiary alicyclic amines) is 1. The van der Waals surface area contributed by atoms with E-state index in [1.54, 1.807) is 7.11 Å². The third-order valence-electron chi connectivity index (χ3n) is 3.75. The fourth-order valence-electron chi connectivity index (χ4n) is 3.05. The number of nitrogens with two attached hydrogens (primary N) is 1. The first kappa shape index (κ1) is 14.5. The Balaban J connectivity index is 2.19. The molecule has 0 saturated carbocycles. The van der Waals surface area contributed by atoms with Gasteiger partial charge in [-0.15, -0.1) is 0 Å². The lowest BCUT2D eigenvalue weighted by Crippen LogP contribution is -2.34. The molecule has 2 atom stereocenters. The van der Waals surface area contributed by atoms with Gasteiger partial charge < -0.3 is 10.5 Å². The number of ether oxygens (including phenoxy) is 1. The van der Waals surface area contributed by atoms with Gasteiger partial charge in [-0.2, -0.15) is 0 Å². The summed E-state index contributed by atoms with van der Waals surface area (Å²) in [7, 11) is 1.74. The second kappa shape index (κ2) is 6.51. The summed E-state index contributed by atoms with van der Waals surface area (Å²) in [6.45, 7) is 7.43. The monoisotopic (exact) mass is 262 g/mol. The van der Waals surface area contributed by atoms with Gasteiger partial charge >= 0.3 is 0 Å². The first-order chi connectivity index (χ1) is 9.11. The Kier molecular flexibility index (Phi) is 4.97. The number of rotatable bonds is 5. The highest BCUT2D eigenvalue weighted by atomic mass is 16.5. The highest BCUT2D eigenvalue weighted by Gasteiger charge is 2.32. The van der Waals surface area contributed by atoms with Gasteiger partial charge in [-0.05, 0) is 23.5 Å². The van der Waals surface area contributed by atoms with Crippen molar-refractivity contribution in [1.82, 2.24) is 4.90 Å². The lowest BCUT2D eigenvalue weighted by atomic mass is 9.98. The summed E-state index contributed by atoms with van der Waals surface area (Å²) >= 11 is 0. The van der Waals surface area contributed by atoms with Crippen LogP contribution in [0.2, 0.25) is 0 Å². The minimum absolute atomic E-state index is 0.247. The fraction of sp³-hybridized carbons (Fsp3) is 0.625. The molecule has 3 heteroatoms. The maximum absolute atomic E-state index is 6.33. The van der Waals surface area contributed by atoms with Gasteiger partial charge in [-0.3, -0.25) is 4.90 Å². The highest BCUT2D eigenvalue weighted by Crippen LogP contribution is 2.32. The summed E-state index contributed by atoms with van der Waals surface area (Å²) in [4.78, 5) is 2.53. The van der Waals surface area contributed by atoms with Crippen molar-refractivity contribution in [3.05, 3.63) is 35.4 Å². The predicted molar refractivity (Wildman–Crippen MR) is 78.9 cm³/mol. The number of benzene rings is 1. The molecule has 0 aromatic heterocycles. The van der Waals surface area contributed by atoms with Gasteiger partial charge in [0.2, 0.25) is 0 Å². The van der Waals surface area contributed by atoms with Crippen molar-refractivity contribution in [3.63, 3.8) is 0 Å². The van der Waals surface area contributed by atoms with Gasteiger partial charge in [0.25, 0.3) is 0 Å². The second-order valence-electron chi connectivity index (χ2n) is 5.96. The zero-order valence-corrected chi connectivity index (χ0v) is 12.3. The molecule has 1 aliphatic heterocycles. The first-order valence-corrected chi connectivity index (χ1v) is 7.19. The predicted octanol–water partition coefficient (Wildman–Crippen LogP) is 2.56. The van der Waals surface area contributed by atoms with E-state index in [0.717, 1.165) is 19.5 Å². The Labute approximate surface area is 116 Å². The fourth-order valence-corrected chi connectivity index (χ4v) is 3.05. The summed E-state index contributed by atoms with van der Waals surface area (Å²) in [6.07, 6.45) is 1.09. The Morgan fingerprint density at radius 2 is 2.21 bits per heavy atom. The molecule has 2 unspecified atom stereocenters. The van der Waals surface area contributed by atoms with Crippen LogP contribution in [0.25, 0.3) is 0 Å². The van der Waals surface area contributed by atoms with Crippen molar-refractivity contribution < 1.29 is 4.74 Å². The van der Waals surface area contributed by atoms with E-state index in [4.69, 9.17) is 10.5 Å². The molecule has 2 rings (SSSR count). The molecule has 0 aliphatic carbocycles. The number of nitrogens with zero attached hydrogens (tertiary/aromatic N) is 1. The Morgan fingerprint density at radius 1 is 1.42 bits per heavy atom. The molecule has 0 bridgehead atoms. The van der Waals surface area contributed by atoms with E-state index in [0.29, 0.717) is 18.6 Å². The number of methoxy groups -OCH3 is 1. The van der Waals surface area contributed by atoms with E-state index < -0.39 is 0 Å². The van der Waals surface area contributed by atoms with Crippen LogP contribution >= 0.6 is 0 Å². The third-order valence-corrected chi connectivity index (χ3v) is 3.75. The second-order valence-corrected chi connectivity index (χ2v) is 5.96. The van der Waals surface area contributed by atoms with E-state index in [2.05, 4.69) is 43.0 Å². The molecule has 1 fully saturated rings. The molecule has 106 valence electrons. The van der Waals surface area contributed by atoms with Gasteiger partial charge in [0.1, 0.15) is 0 Å². The van der Waals surface area contributed by atoms with Crippen LogP contribution in [-0.4, -0.2) is 31.1 Å². The Bertz CT molecular complexity index is 405. The summed E-state index contributed by atoms with van der Waals surface area (Å²) < 4.78 is 5.22. The standard InChI is InChI=1S/C16H26N2O/c1-12(2)10-18-8-7-15(17)16(18)14-6-4-5-13(9-14)11-19-3/h4-6,9,12,15-16H,7-8,10-11,17H2,1-3H3. The Morgan fingerprint density at radius 3 is 2.89 bits per heavy atom. The summed E-state index contributed by atoms with van der Waals surface area (Å²) in [5, 5.41) is 0. The van der Waals surface area contributed by atoms with Gasteiger partial charge in [0.15, 0.2) is 0 Å². The van der Waals surface area contributed by atoms with Crippen molar-refractivity contribution in [2.24, 2.45) is 11.7 Å². The van der Waals surface area contributed by atoms with Crippen LogP contribution < -0.4 is 5.73 Å². The molecule has 2 N–H and O–H groups in total. The van der Waals surface area contributed by atoms with Gasteiger partial charge in [0, 0.05) is 32.3 Å². The van der Waals surface area contributed by atoms with E-state index in [1.807, 2.05) is 0 Å². The topological polar surface area (TPSA) is 38.5 Å². The summed E-state index contributed by atoms with van der Waals surface area (Å²) in [5.41, 5.74) is 8.89. The van der Waals surface area contributed by atoms with E-state index >= 15 is 0 Å². The molecule has 3 nitrogen and oxygen atoms in total. The molecule has 19 heavy (non-hydrogen) atoms. The lowest BCUT2D eigenvalue weighted by Gasteiger charge is -2.28. The van der Waals surface area contributed by atoms with Crippen LogP contribution in [0.5, 0.6) is 0 Å². The molecule has 1 aromatic rings. The SMILES string of the molecule is COCc1cccc(C2C(N)CCN2CC(C)C)c1. The number of hydrogen-bond donors (Lipinski definition) is 1. The summed E-state index contributed by atoms with van der Waals surface area (Å²) in [6, 6.07) is 9.27. The molecular formula is C16H26N2O. The maximum atomic E-state index is 6.33. The lowest BCUT2D eigenvalue weighted by molar-refractivity contribution is 0.184. The van der Waals surface area contributed by atoms with E-state index in [-0.39, 0.29) is 6.04 Å². The van der Waals surface area contributed by atoms with Crippen molar-refractivity contribution in [3.8, 4) is 0 Å². The van der Waals surface area contributed by atoms with Crippen molar-refractivity contribution in [1.29, 1.82) is 0 Å². The van der Waals surface area contributed by atoms with E-state index in [9.17, 15) is 0 Å². The van der Waals surface area contributed by atoms with Gasteiger partial charge in [-0.25, -0.2) is 0 Å². The molecule has 1 aromatic carbocycles. The van der Waals surface area contributed by atoms with Crippen LogP contribution in [0.3, 0.4) is 0 Å². The van der Waals surface area contributed by atoms with Crippen LogP contribution in [0.1, 0.15) is 37.4 Å². The molecule has 1 aliphatic rings. The normalized spacial score (nSPS) is 24.3. The molecule has 0 spiro atoms. The van der Waals surface area contributed by atoms with Gasteiger partial charge in [0.05, 0.1) is 6.61 Å². The quantitative estimate of drug-likeness (QED) is 0.886. The zero-order valence-electron chi connectivity index (χ0n) is 12.3. The zero-order chi connectivity index (χ0) is 13.8. The average Bonchev–Trinajstić information content (AvgIpc) is 2.70. The van der Waals surface area contributed by atoms with Crippen molar-refractivity contribution in [2.45, 2.75) is 39.0 Å². The minimum atomic E-state index is 0.247. The molecule has 1 saturated heterocycles. The summed E-state index contributed by atoms with van der Waals surface area (Å²) in [5.74, 6) is 0.676. The van der Waals surface area contributed by atoms with Crippen molar-refractivity contribution in [2.75, 3.05) is 20.2 Å². The smallest absolute Gasteiger partial charge is 0.0713 e. The van der Waals surface area contributed by atoms with Crippen LogP contribution in [0.4, 0.5) is 0 Å². The molecule has 0 amide bonds. The molecular weight excluding hydrogens is 236 g/mol. The van der Waals surface area contributed by atoms with Crippen LogP contribution in [0, 0.1) is 5.92 Å². The average molecular weight is 262 g/mol. The maximum Gasteiger partial charge on any atom is 0.0713 e. The third kappa shape index (κ3) is 3.56. The minimum Gasteiger partial charge on any atom is -0.380 e. The molecule has 0 radical (unpaired) electrons. The highest BCUT2D eigenvalue weighted by molar-refractivity contribution is 5.28. The molecule has 1 heterocycles. The van der Waals surface area contributed by atoms with Gasteiger partial charge in [-0.1, -0.05) is 38.1 Å². The Hall–Kier alpha value is -0.900. The first-order valence-electron chi connectivity index (χ1n) is 7.19. The van der Waals surface area contributed by atoms with Crippen molar-refractivity contribution >= 4 is 0 Å². The van der Waals surface area contributed by atoms with E-state index in [1.165, 1.54) is 11.1 Å². The van der Waals surface area contributed by atoms with Crippen LogP contribution in [-0.2, 0) is 11.3 Å². The largest absolute Gasteiger partial charge is 0.380 e. The number of hydrogen-bond acceptors (Lipinski definition) is 3. The van der Waals surface area contributed by atoms with Crippen LogP contribution in [0.15, 0.2) is 24.3 Å².